The summed E-state index contributed by atoms with van der Waals surface area (Å²) in [6, 6.07) is 20.0. The highest BCUT2D eigenvalue weighted by Crippen LogP contribution is 2.19. The van der Waals surface area contributed by atoms with Gasteiger partial charge >= 0.3 is 0 Å². The lowest BCUT2D eigenvalue weighted by Gasteiger charge is -2.36. The van der Waals surface area contributed by atoms with Crippen molar-refractivity contribution in [3.05, 3.63) is 78.6 Å². The first-order valence-electron chi connectivity index (χ1n) is 10.5. The van der Waals surface area contributed by atoms with Crippen LogP contribution in [0.3, 0.4) is 0 Å². The summed E-state index contributed by atoms with van der Waals surface area (Å²) < 4.78 is 5.18. The SMILES string of the molecule is COc1cncc(N2CCN(CC(=O)N(Cc3ccccc3)c3ccccc3)CC2)n1. The third-order valence-electron chi connectivity index (χ3n) is 5.42. The van der Waals surface area contributed by atoms with E-state index in [-0.39, 0.29) is 5.91 Å². The van der Waals surface area contributed by atoms with Crippen molar-refractivity contribution in [1.29, 1.82) is 0 Å². The van der Waals surface area contributed by atoms with E-state index in [0.29, 0.717) is 19.0 Å². The minimum absolute atomic E-state index is 0.102. The molecule has 0 saturated carbocycles. The van der Waals surface area contributed by atoms with Crippen molar-refractivity contribution in [2.75, 3.05) is 49.6 Å². The second kappa shape index (κ2) is 10.0. The van der Waals surface area contributed by atoms with Crippen molar-refractivity contribution in [2.45, 2.75) is 6.54 Å². The highest BCUT2D eigenvalue weighted by Gasteiger charge is 2.23. The van der Waals surface area contributed by atoms with Gasteiger partial charge in [-0.05, 0) is 17.7 Å². The minimum atomic E-state index is 0.102. The van der Waals surface area contributed by atoms with Gasteiger partial charge < -0.3 is 14.5 Å². The molecule has 0 spiro atoms. The normalized spacial score (nSPS) is 14.3. The minimum Gasteiger partial charge on any atom is -0.480 e. The molecule has 0 aliphatic carbocycles. The molecular weight excluding hydrogens is 390 g/mol. The Labute approximate surface area is 182 Å². The molecule has 1 aromatic heterocycles. The zero-order valence-electron chi connectivity index (χ0n) is 17.7. The molecule has 2 aromatic carbocycles. The Morgan fingerprint density at radius 3 is 2.32 bits per heavy atom. The monoisotopic (exact) mass is 417 g/mol. The number of nitrogens with zero attached hydrogens (tertiary/aromatic N) is 5. The quantitative estimate of drug-likeness (QED) is 0.589. The Hall–Kier alpha value is -3.45. The largest absolute Gasteiger partial charge is 0.480 e. The van der Waals surface area contributed by atoms with Crippen LogP contribution in [0, 0.1) is 0 Å². The second-order valence-corrected chi connectivity index (χ2v) is 7.48. The fourth-order valence-electron chi connectivity index (χ4n) is 3.70. The van der Waals surface area contributed by atoms with E-state index >= 15 is 0 Å². The molecule has 1 fully saturated rings. The van der Waals surface area contributed by atoms with E-state index in [1.165, 1.54) is 0 Å². The van der Waals surface area contributed by atoms with E-state index in [1.807, 2.05) is 53.4 Å². The predicted molar refractivity (Wildman–Crippen MR) is 121 cm³/mol. The van der Waals surface area contributed by atoms with Crippen molar-refractivity contribution >= 4 is 17.4 Å². The van der Waals surface area contributed by atoms with E-state index in [0.717, 1.165) is 43.2 Å². The number of para-hydroxylation sites is 1. The van der Waals surface area contributed by atoms with Gasteiger partial charge in [-0.1, -0.05) is 48.5 Å². The molecule has 1 saturated heterocycles. The van der Waals surface area contributed by atoms with Crippen LogP contribution in [-0.4, -0.2) is 60.6 Å². The summed E-state index contributed by atoms with van der Waals surface area (Å²) in [6.45, 7) is 4.11. The average molecular weight is 418 g/mol. The van der Waals surface area contributed by atoms with Gasteiger partial charge in [0, 0.05) is 31.9 Å². The van der Waals surface area contributed by atoms with Crippen LogP contribution in [0.15, 0.2) is 73.1 Å². The Bertz CT molecular complexity index is 976. The number of ether oxygens (including phenoxy) is 1. The molecule has 1 amide bonds. The summed E-state index contributed by atoms with van der Waals surface area (Å²) in [6.07, 6.45) is 3.35. The molecule has 4 rings (SSSR count). The molecule has 0 atom stereocenters. The van der Waals surface area contributed by atoms with Gasteiger partial charge in [-0.25, -0.2) is 0 Å². The van der Waals surface area contributed by atoms with Gasteiger partial charge in [-0.3, -0.25) is 14.7 Å². The second-order valence-electron chi connectivity index (χ2n) is 7.48. The lowest BCUT2D eigenvalue weighted by molar-refractivity contribution is -0.120. The number of methoxy groups -OCH3 is 1. The Balaban J connectivity index is 1.39. The lowest BCUT2D eigenvalue weighted by atomic mass is 10.2. The molecule has 0 N–H and O–H groups in total. The highest BCUT2D eigenvalue weighted by molar-refractivity contribution is 5.94. The number of aromatic nitrogens is 2. The van der Waals surface area contributed by atoms with Crippen LogP contribution in [0.5, 0.6) is 5.88 Å². The fraction of sp³-hybridized carbons (Fsp3) is 0.292. The average Bonchev–Trinajstić information content (AvgIpc) is 2.84. The van der Waals surface area contributed by atoms with Crippen LogP contribution in [0.25, 0.3) is 0 Å². The van der Waals surface area contributed by atoms with Crippen molar-refractivity contribution in [3.63, 3.8) is 0 Å². The summed E-state index contributed by atoms with van der Waals surface area (Å²) in [5, 5.41) is 0. The standard InChI is InChI=1S/C24H27N5O2/c1-31-23-17-25-16-22(26-23)28-14-12-27(13-15-28)19-24(30)29(21-10-6-3-7-11-21)18-20-8-4-2-5-9-20/h2-11,16-17H,12-15,18-19H2,1H3. The summed E-state index contributed by atoms with van der Waals surface area (Å²) in [5.74, 6) is 1.42. The van der Waals surface area contributed by atoms with Gasteiger partial charge in [-0.2, -0.15) is 4.98 Å². The Kier molecular flexibility index (Phi) is 6.74. The first kappa shape index (κ1) is 20.8. The summed E-state index contributed by atoms with van der Waals surface area (Å²) in [5.41, 5.74) is 2.03. The zero-order valence-corrected chi connectivity index (χ0v) is 17.7. The zero-order chi connectivity index (χ0) is 21.5. The van der Waals surface area contributed by atoms with Crippen LogP contribution in [0.2, 0.25) is 0 Å². The van der Waals surface area contributed by atoms with E-state index in [4.69, 9.17) is 4.74 Å². The first-order chi connectivity index (χ1) is 15.2. The van der Waals surface area contributed by atoms with Gasteiger partial charge in [0.05, 0.1) is 32.6 Å². The maximum absolute atomic E-state index is 13.3. The molecule has 7 nitrogen and oxygen atoms in total. The fourth-order valence-corrected chi connectivity index (χ4v) is 3.70. The summed E-state index contributed by atoms with van der Waals surface area (Å²) >= 11 is 0. The predicted octanol–water partition coefficient (Wildman–Crippen LogP) is 2.84. The summed E-state index contributed by atoms with van der Waals surface area (Å²) in [7, 11) is 1.59. The molecule has 0 unspecified atom stereocenters. The highest BCUT2D eigenvalue weighted by atomic mass is 16.5. The molecule has 3 aromatic rings. The van der Waals surface area contributed by atoms with Gasteiger partial charge in [-0.15, -0.1) is 0 Å². The molecule has 2 heterocycles. The molecule has 160 valence electrons. The van der Waals surface area contributed by atoms with Gasteiger partial charge in [0.25, 0.3) is 0 Å². The summed E-state index contributed by atoms with van der Waals surface area (Å²) in [4.78, 5) is 28.2. The maximum Gasteiger partial charge on any atom is 0.241 e. The first-order valence-corrected chi connectivity index (χ1v) is 10.5. The van der Waals surface area contributed by atoms with Crippen LogP contribution < -0.4 is 14.5 Å². The van der Waals surface area contributed by atoms with E-state index in [2.05, 4.69) is 31.9 Å². The molecule has 1 aliphatic heterocycles. The van der Waals surface area contributed by atoms with Crippen molar-refractivity contribution in [1.82, 2.24) is 14.9 Å². The number of hydrogen-bond donors (Lipinski definition) is 0. The van der Waals surface area contributed by atoms with Gasteiger partial charge in [0.1, 0.15) is 0 Å². The van der Waals surface area contributed by atoms with Crippen molar-refractivity contribution in [3.8, 4) is 5.88 Å². The molecule has 31 heavy (non-hydrogen) atoms. The van der Waals surface area contributed by atoms with Crippen molar-refractivity contribution in [2.24, 2.45) is 0 Å². The lowest BCUT2D eigenvalue weighted by Crippen LogP contribution is -2.50. The molecule has 1 aliphatic rings. The van der Waals surface area contributed by atoms with Crippen LogP contribution in [-0.2, 0) is 11.3 Å². The Morgan fingerprint density at radius 2 is 1.65 bits per heavy atom. The maximum atomic E-state index is 13.3. The molecule has 7 heteroatoms. The number of anilines is 2. The van der Waals surface area contributed by atoms with Crippen LogP contribution in [0.4, 0.5) is 11.5 Å². The Morgan fingerprint density at radius 1 is 0.968 bits per heavy atom. The number of carbonyl (C=O) groups excluding carboxylic acids is 1. The third-order valence-corrected chi connectivity index (χ3v) is 5.42. The smallest absolute Gasteiger partial charge is 0.241 e. The topological polar surface area (TPSA) is 61.8 Å². The number of benzene rings is 2. The number of piperazine rings is 1. The molecule has 0 bridgehead atoms. The number of amides is 1. The van der Waals surface area contributed by atoms with Gasteiger partial charge in [0.15, 0.2) is 5.82 Å². The van der Waals surface area contributed by atoms with E-state index in [9.17, 15) is 4.79 Å². The number of rotatable bonds is 7. The van der Waals surface area contributed by atoms with E-state index < -0.39 is 0 Å². The molecule has 0 radical (unpaired) electrons. The number of carbonyl (C=O) groups is 1. The van der Waals surface area contributed by atoms with Crippen LogP contribution in [0.1, 0.15) is 5.56 Å². The van der Waals surface area contributed by atoms with Crippen LogP contribution >= 0.6 is 0 Å². The molecular formula is C24H27N5O2. The van der Waals surface area contributed by atoms with Gasteiger partial charge in [0.2, 0.25) is 11.8 Å². The third kappa shape index (κ3) is 5.38. The van der Waals surface area contributed by atoms with Crippen molar-refractivity contribution < 1.29 is 9.53 Å². The van der Waals surface area contributed by atoms with E-state index in [1.54, 1.807) is 19.5 Å². The number of hydrogen-bond acceptors (Lipinski definition) is 6.